The third-order valence-corrected chi connectivity index (χ3v) is 5.22. The maximum absolute atomic E-state index is 9.77. The molecule has 0 saturated carbocycles. The molecule has 1 atom stereocenters. The van der Waals surface area contributed by atoms with E-state index in [1.807, 2.05) is 12.1 Å². The first-order valence-corrected chi connectivity index (χ1v) is 7.17. The molecule has 0 radical (unpaired) electrons. The van der Waals surface area contributed by atoms with E-state index in [2.05, 4.69) is 23.4 Å². The number of hydrogen-bond acceptors (Lipinski definition) is 2. The van der Waals surface area contributed by atoms with Crippen LogP contribution in [0, 0.1) is 0 Å². The molecule has 100 valence electrons. The highest BCUT2D eigenvalue weighted by atomic mass is 16.3. The minimum absolute atomic E-state index is 0.191. The molecule has 0 aliphatic carbocycles. The second kappa shape index (κ2) is 3.54. The monoisotopic (exact) mass is 256 g/mol. The van der Waals surface area contributed by atoms with Gasteiger partial charge < -0.3 is 9.67 Å². The summed E-state index contributed by atoms with van der Waals surface area (Å²) in [4.78, 5) is 2.63. The lowest BCUT2D eigenvalue weighted by atomic mass is 9.86. The van der Waals surface area contributed by atoms with Crippen molar-refractivity contribution < 1.29 is 5.11 Å². The van der Waals surface area contributed by atoms with E-state index < -0.39 is 0 Å². The Morgan fingerprint density at radius 1 is 1.26 bits per heavy atom. The van der Waals surface area contributed by atoms with Gasteiger partial charge in [-0.25, -0.2) is 0 Å². The van der Waals surface area contributed by atoms with Gasteiger partial charge in [-0.15, -0.1) is 0 Å². The van der Waals surface area contributed by atoms with Gasteiger partial charge in [0.25, 0.3) is 0 Å². The summed E-state index contributed by atoms with van der Waals surface area (Å²) in [5.41, 5.74) is 4.36. The van der Waals surface area contributed by atoms with Crippen LogP contribution >= 0.6 is 0 Å². The second-order valence-electron chi connectivity index (χ2n) is 6.20. The summed E-state index contributed by atoms with van der Waals surface area (Å²) in [6.07, 6.45) is 3.64. The molecule has 0 spiro atoms. The van der Waals surface area contributed by atoms with Gasteiger partial charge in [-0.3, -0.25) is 4.90 Å². The van der Waals surface area contributed by atoms with E-state index in [1.54, 1.807) is 6.07 Å². The first-order chi connectivity index (χ1) is 9.11. The maximum Gasteiger partial charge on any atom is 0.116 e. The Morgan fingerprint density at radius 2 is 2.11 bits per heavy atom. The first kappa shape index (κ1) is 11.4. The molecule has 1 fully saturated rings. The molecule has 3 heteroatoms. The molecule has 19 heavy (non-hydrogen) atoms. The van der Waals surface area contributed by atoms with Gasteiger partial charge in [-0.05, 0) is 56.5 Å². The lowest BCUT2D eigenvalue weighted by Gasteiger charge is -2.40. The Balaban J connectivity index is 2.07. The molecule has 1 aromatic carbocycles. The fraction of sp³-hybridized carbons (Fsp3) is 0.500. The Morgan fingerprint density at radius 3 is 2.95 bits per heavy atom. The van der Waals surface area contributed by atoms with Crippen molar-refractivity contribution in [1.29, 1.82) is 0 Å². The second-order valence-corrected chi connectivity index (χ2v) is 6.20. The van der Waals surface area contributed by atoms with E-state index in [0.29, 0.717) is 5.75 Å². The number of aryl methyl sites for hydroxylation is 1. The van der Waals surface area contributed by atoms with E-state index in [4.69, 9.17) is 0 Å². The van der Waals surface area contributed by atoms with E-state index in [1.165, 1.54) is 41.5 Å². The maximum atomic E-state index is 9.77. The molecular weight excluding hydrogens is 236 g/mol. The zero-order valence-corrected chi connectivity index (χ0v) is 11.6. The normalized spacial score (nSPS) is 26.6. The fourth-order valence-corrected chi connectivity index (χ4v) is 4.34. The topological polar surface area (TPSA) is 28.4 Å². The van der Waals surface area contributed by atoms with Crippen molar-refractivity contribution in [1.82, 2.24) is 9.47 Å². The quantitative estimate of drug-likeness (QED) is 0.785. The summed E-state index contributed by atoms with van der Waals surface area (Å²) in [6, 6.07) is 5.77. The lowest BCUT2D eigenvalue weighted by Crippen LogP contribution is -2.45. The standard InChI is InChI=1S/C16H20N2O/c1-16-7-3-8-18(16)9-6-12-13-10-11(19)4-5-14(13)17(2)15(12)16/h4-5,10,19H,3,6-9H2,1-2H3/t16-/m0/s1. The number of phenolic OH excluding ortho intramolecular Hbond substituents is 1. The third kappa shape index (κ3) is 1.31. The van der Waals surface area contributed by atoms with Gasteiger partial charge in [0.15, 0.2) is 0 Å². The molecule has 3 nitrogen and oxygen atoms in total. The van der Waals surface area contributed by atoms with Crippen molar-refractivity contribution in [2.24, 2.45) is 7.05 Å². The van der Waals surface area contributed by atoms with Crippen LogP contribution in [0.15, 0.2) is 18.2 Å². The Hall–Kier alpha value is -1.48. The van der Waals surface area contributed by atoms with E-state index in [9.17, 15) is 5.11 Å². The number of benzene rings is 1. The molecule has 0 amide bonds. The van der Waals surface area contributed by atoms with Crippen LogP contribution in [0.1, 0.15) is 31.0 Å². The number of hydrogen-bond donors (Lipinski definition) is 1. The SMILES string of the molecule is Cn1c2c(c3cc(O)ccc31)CCN1CCC[C@@]21C. The Kier molecular flexibility index (Phi) is 2.12. The van der Waals surface area contributed by atoms with Crippen LogP contribution in [0.4, 0.5) is 0 Å². The Labute approximate surface area is 113 Å². The van der Waals surface area contributed by atoms with Crippen LogP contribution in [0.5, 0.6) is 5.75 Å². The number of rotatable bonds is 0. The average molecular weight is 256 g/mol. The minimum atomic E-state index is 0.191. The average Bonchev–Trinajstić information content (AvgIpc) is 2.89. The van der Waals surface area contributed by atoms with Crippen LogP contribution in [0.2, 0.25) is 0 Å². The summed E-state index contributed by atoms with van der Waals surface area (Å²) in [5.74, 6) is 0.375. The van der Waals surface area contributed by atoms with Gasteiger partial charge in [-0.2, -0.15) is 0 Å². The van der Waals surface area contributed by atoms with E-state index in [0.717, 1.165) is 13.0 Å². The first-order valence-electron chi connectivity index (χ1n) is 7.17. The van der Waals surface area contributed by atoms with Gasteiger partial charge in [0.1, 0.15) is 5.75 Å². The van der Waals surface area contributed by atoms with E-state index in [-0.39, 0.29) is 5.54 Å². The highest BCUT2D eigenvalue weighted by Gasteiger charge is 2.44. The van der Waals surface area contributed by atoms with Crippen LogP contribution in [-0.2, 0) is 19.0 Å². The molecular formula is C16H20N2O. The number of aromatic nitrogens is 1. The molecule has 0 unspecified atom stereocenters. The van der Waals surface area contributed by atoms with Gasteiger partial charge in [0, 0.05) is 30.2 Å². The molecule has 2 aromatic rings. The predicted octanol–water partition coefficient (Wildman–Crippen LogP) is 2.75. The number of phenols is 1. The van der Waals surface area contributed by atoms with Crippen molar-refractivity contribution >= 4 is 10.9 Å². The smallest absolute Gasteiger partial charge is 0.116 e. The minimum Gasteiger partial charge on any atom is -0.508 e. The van der Waals surface area contributed by atoms with Crippen molar-refractivity contribution in [3.05, 3.63) is 29.5 Å². The van der Waals surface area contributed by atoms with Crippen LogP contribution in [0.25, 0.3) is 10.9 Å². The van der Waals surface area contributed by atoms with Gasteiger partial charge >= 0.3 is 0 Å². The van der Waals surface area contributed by atoms with Crippen LogP contribution in [-0.4, -0.2) is 27.7 Å². The summed E-state index contributed by atoms with van der Waals surface area (Å²) in [7, 11) is 2.17. The van der Waals surface area contributed by atoms with Crippen molar-refractivity contribution in [3.63, 3.8) is 0 Å². The zero-order chi connectivity index (χ0) is 13.2. The number of fused-ring (bicyclic) bond motifs is 5. The number of nitrogens with zero attached hydrogens (tertiary/aromatic N) is 2. The third-order valence-electron chi connectivity index (χ3n) is 5.22. The summed E-state index contributed by atoms with van der Waals surface area (Å²) < 4.78 is 2.35. The van der Waals surface area contributed by atoms with Crippen LogP contribution < -0.4 is 0 Å². The van der Waals surface area contributed by atoms with Gasteiger partial charge in [0.2, 0.25) is 0 Å². The lowest BCUT2D eigenvalue weighted by molar-refractivity contribution is 0.135. The molecule has 3 heterocycles. The van der Waals surface area contributed by atoms with Crippen molar-refractivity contribution in [3.8, 4) is 5.75 Å². The molecule has 0 bridgehead atoms. The molecule has 4 rings (SSSR count). The zero-order valence-electron chi connectivity index (χ0n) is 11.6. The fourth-order valence-electron chi connectivity index (χ4n) is 4.34. The predicted molar refractivity (Wildman–Crippen MR) is 76.4 cm³/mol. The highest BCUT2D eigenvalue weighted by molar-refractivity contribution is 5.87. The molecule has 1 saturated heterocycles. The largest absolute Gasteiger partial charge is 0.508 e. The molecule has 1 aromatic heterocycles. The number of aromatic hydroxyl groups is 1. The molecule has 2 aliphatic heterocycles. The van der Waals surface area contributed by atoms with Gasteiger partial charge in [0.05, 0.1) is 5.54 Å². The van der Waals surface area contributed by atoms with Gasteiger partial charge in [-0.1, -0.05) is 0 Å². The summed E-state index contributed by atoms with van der Waals surface area (Å²) >= 11 is 0. The molecule has 2 aliphatic rings. The van der Waals surface area contributed by atoms with E-state index >= 15 is 0 Å². The highest BCUT2D eigenvalue weighted by Crippen LogP contribution is 2.46. The summed E-state index contributed by atoms with van der Waals surface area (Å²) in [5, 5.41) is 11.0. The Bertz CT molecular complexity index is 673. The van der Waals surface area contributed by atoms with Crippen LogP contribution in [0.3, 0.4) is 0 Å². The van der Waals surface area contributed by atoms with Crippen molar-refractivity contribution in [2.75, 3.05) is 13.1 Å². The summed E-state index contributed by atoms with van der Waals surface area (Å²) in [6.45, 7) is 4.76. The molecule has 1 N–H and O–H groups in total. The van der Waals surface area contributed by atoms with Crippen molar-refractivity contribution in [2.45, 2.75) is 31.7 Å².